The van der Waals surface area contributed by atoms with Gasteiger partial charge in [0.15, 0.2) is 0 Å². The first-order valence-corrected chi connectivity index (χ1v) is 11.9. The summed E-state index contributed by atoms with van der Waals surface area (Å²) in [5.41, 5.74) is 3.10. The monoisotopic (exact) mass is 514 g/mol. The SMILES string of the molecule is O=C(c1cc(-c2ccccn2)nc(-c2ccccn2)c1)N1CCC(O)(c2ccc(Br)cc2)CC1. The van der Waals surface area contributed by atoms with Gasteiger partial charge < -0.3 is 10.0 Å². The number of likely N-dealkylation sites (tertiary alicyclic amines) is 1. The lowest BCUT2D eigenvalue weighted by molar-refractivity contribution is -0.0211. The Labute approximate surface area is 206 Å². The third kappa shape index (κ3) is 4.62. The molecule has 34 heavy (non-hydrogen) atoms. The van der Waals surface area contributed by atoms with Crippen LogP contribution in [0.3, 0.4) is 0 Å². The number of pyridine rings is 3. The molecule has 0 radical (unpaired) electrons. The molecule has 4 heterocycles. The highest BCUT2D eigenvalue weighted by Crippen LogP contribution is 2.34. The molecule has 6 nitrogen and oxygen atoms in total. The molecular formula is C27H23BrN4O2. The number of aliphatic hydroxyl groups is 1. The minimum absolute atomic E-state index is 0.0883. The van der Waals surface area contributed by atoms with Gasteiger partial charge >= 0.3 is 0 Å². The van der Waals surface area contributed by atoms with Gasteiger partial charge in [-0.15, -0.1) is 0 Å². The Morgan fingerprint density at radius 1 is 0.824 bits per heavy atom. The summed E-state index contributed by atoms with van der Waals surface area (Å²) in [5.74, 6) is -0.0883. The average molecular weight is 515 g/mol. The normalized spacial score (nSPS) is 15.2. The molecule has 1 saturated heterocycles. The maximum Gasteiger partial charge on any atom is 0.254 e. The number of benzene rings is 1. The van der Waals surface area contributed by atoms with E-state index in [2.05, 4.69) is 25.9 Å². The van der Waals surface area contributed by atoms with Gasteiger partial charge in [0.1, 0.15) is 0 Å². The molecule has 0 unspecified atom stereocenters. The number of rotatable bonds is 4. The summed E-state index contributed by atoms with van der Waals surface area (Å²) >= 11 is 3.44. The van der Waals surface area contributed by atoms with Crippen molar-refractivity contribution in [2.75, 3.05) is 13.1 Å². The van der Waals surface area contributed by atoms with Crippen molar-refractivity contribution < 1.29 is 9.90 Å². The molecule has 3 aromatic heterocycles. The lowest BCUT2D eigenvalue weighted by Crippen LogP contribution is -2.45. The highest BCUT2D eigenvalue weighted by atomic mass is 79.9. The number of nitrogens with zero attached hydrogens (tertiary/aromatic N) is 4. The lowest BCUT2D eigenvalue weighted by atomic mass is 9.84. The summed E-state index contributed by atoms with van der Waals surface area (Å²) in [6.07, 6.45) is 4.37. The summed E-state index contributed by atoms with van der Waals surface area (Å²) in [4.78, 5) is 28.9. The summed E-state index contributed by atoms with van der Waals surface area (Å²) in [6, 6.07) is 22.5. The molecule has 1 amide bonds. The molecule has 0 bridgehead atoms. The summed E-state index contributed by atoms with van der Waals surface area (Å²) < 4.78 is 0.970. The van der Waals surface area contributed by atoms with E-state index < -0.39 is 5.60 Å². The fourth-order valence-electron chi connectivity index (χ4n) is 4.26. The van der Waals surface area contributed by atoms with Crippen LogP contribution < -0.4 is 0 Å². The second-order valence-corrected chi connectivity index (χ2v) is 9.30. The van der Waals surface area contributed by atoms with Crippen LogP contribution in [0.2, 0.25) is 0 Å². The molecule has 1 aliphatic rings. The van der Waals surface area contributed by atoms with E-state index >= 15 is 0 Å². The average Bonchev–Trinajstić information content (AvgIpc) is 2.90. The first kappa shape index (κ1) is 22.4. The van der Waals surface area contributed by atoms with Crippen molar-refractivity contribution in [3.8, 4) is 22.8 Å². The van der Waals surface area contributed by atoms with Crippen LogP contribution in [0.4, 0.5) is 0 Å². The maximum atomic E-state index is 13.5. The van der Waals surface area contributed by atoms with E-state index in [1.165, 1.54) is 0 Å². The largest absolute Gasteiger partial charge is 0.385 e. The van der Waals surface area contributed by atoms with E-state index in [1.807, 2.05) is 60.7 Å². The van der Waals surface area contributed by atoms with Crippen molar-refractivity contribution in [2.24, 2.45) is 0 Å². The third-order valence-corrected chi connectivity index (χ3v) is 6.71. The molecule has 170 valence electrons. The van der Waals surface area contributed by atoms with Crippen LogP contribution in [0.15, 0.2) is 89.7 Å². The first-order chi connectivity index (χ1) is 16.5. The molecule has 5 rings (SSSR count). The zero-order valence-corrected chi connectivity index (χ0v) is 20.0. The topological polar surface area (TPSA) is 79.2 Å². The van der Waals surface area contributed by atoms with Gasteiger partial charge in [0, 0.05) is 35.5 Å². The van der Waals surface area contributed by atoms with Crippen molar-refractivity contribution >= 4 is 21.8 Å². The van der Waals surface area contributed by atoms with Crippen LogP contribution >= 0.6 is 15.9 Å². The van der Waals surface area contributed by atoms with Gasteiger partial charge in [0.2, 0.25) is 0 Å². The van der Waals surface area contributed by atoms with E-state index in [-0.39, 0.29) is 5.91 Å². The van der Waals surface area contributed by atoms with Gasteiger partial charge in [-0.2, -0.15) is 0 Å². The zero-order chi connectivity index (χ0) is 23.5. The molecule has 1 N–H and O–H groups in total. The number of piperidine rings is 1. The highest BCUT2D eigenvalue weighted by Gasteiger charge is 2.35. The number of hydrogen-bond donors (Lipinski definition) is 1. The van der Waals surface area contributed by atoms with Gasteiger partial charge in [-0.3, -0.25) is 14.8 Å². The number of hydrogen-bond acceptors (Lipinski definition) is 5. The minimum Gasteiger partial charge on any atom is -0.385 e. The molecule has 4 aromatic rings. The Hall–Kier alpha value is -3.42. The molecular weight excluding hydrogens is 492 g/mol. The van der Waals surface area contributed by atoms with Crippen molar-refractivity contribution in [1.29, 1.82) is 0 Å². The van der Waals surface area contributed by atoms with E-state index in [9.17, 15) is 9.90 Å². The predicted octanol–water partition coefficient (Wildman–Crippen LogP) is 5.09. The Morgan fingerprint density at radius 2 is 1.38 bits per heavy atom. The fourth-order valence-corrected chi connectivity index (χ4v) is 4.52. The van der Waals surface area contributed by atoms with Crippen molar-refractivity contribution in [3.05, 3.63) is 101 Å². The Morgan fingerprint density at radius 3 is 1.88 bits per heavy atom. The molecule has 0 atom stereocenters. The summed E-state index contributed by atoms with van der Waals surface area (Å²) in [6.45, 7) is 0.928. The zero-order valence-electron chi connectivity index (χ0n) is 18.4. The fraction of sp³-hybridized carbons (Fsp3) is 0.185. The van der Waals surface area contributed by atoms with Gasteiger partial charge in [-0.25, -0.2) is 4.98 Å². The maximum absolute atomic E-state index is 13.5. The van der Waals surface area contributed by atoms with Crippen molar-refractivity contribution in [2.45, 2.75) is 18.4 Å². The number of aromatic nitrogens is 3. The van der Waals surface area contributed by atoms with Crippen LogP contribution in [0.5, 0.6) is 0 Å². The number of carbonyl (C=O) groups excluding carboxylic acids is 1. The molecule has 0 spiro atoms. The number of carbonyl (C=O) groups is 1. The molecule has 1 aromatic carbocycles. The van der Waals surface area contributed by atoms with Gasteiger partial charge in [0.05, 0.1) is 28.4 Å². The molecule has 7 heteroatoms. The number of amides is 1. The third-order valence-electron chi connectivity index (χ3n) is 6.19. The number of halogens is 1. The molecule has 1 aliphatic heterocycles. The van der Waals surface area contributed by atoms with E-state index in [4.69, 9.17) is 4.98 Å². The Kier molecular flexibility index (Phi) is 6.22. The van der Waals surface area contributed by atoms with Gasteiger partial charge in [0.25, 0.3) is 5.91 Å². The lowest BCUT2D eigenvalue weighted by Gasteiger charge is -2.38. The van der Waals surface area contributed by atoms with Crippen LogP contribution in [0, 0.1) is 0 Å². The molecule has 1 fully saturated rings. The van der Waals surface area contributed by atoms with Gasteiger partial charge in [-0.05, 0) is 66.9 Å². The second-order valence-electron chi connectivity index (χ2n) is 8.39. The van der Waals surface area contributed by atoms with E-state index in [0.29, 0.717) is 54.3 Å². The van der Waals surface area contributed by atoms with Crippen molar-refractivity contribution in [3.63, 3.8) is 0 Å². The van der Waals surface area contributed by atoms with Crippen LogP contribution in [-0.4, -0.2) is 44.0 Å². The Bertz CT molecular complexity index is 1230. The first-order valence-electron chi connectivity index (χ1n) is 11.1. The van der Waals surface area contributed by atoms with Crippen LogP contribution in [0.1, 0.15) is 28.8 Å². The quantitative estimate of drug-likeness (QED) is 0.410. The standard InChI is InChI=1S/C27H23BrN4O2/c28-21-9-7-20(8-10-21)27(34)11-15-32(16-12-27)26(33)19-17-24(22-5-1-3-13-29-22)31-25(18-19)23-6-2-4-14-30-23/h1-10,13-14,17-18,34H,11-12,15-16H2. The van der Waals surface area contributed by atoms with Crippen molar-refractivity contribution in [1.82, 2.24) is 19.9 Å². The predicted molar refractivity (Wildman–Crippen MR) is 134 cm³/mol. The van der Waals surface area contributed by atoms with Crippen LogP contribution in [0.25, 0.3) is 22.8 Å². The van der Waals surface area contributed by atoms with Gasteiger partial charge in [-0.1, -0.05) is 40.2 Å². The molecule has 0 aliphatic carbocycles. The van der Waals surface area contributed by atoms with E-state index in [1.54, 1.807) is 29.4 Å². The highest BCUT2D eigenvalue weighted by molar-refractivity contribution is 9.10. The Balaban J connectivity index is 1.43. The van der Waals surface area contributed by atoms with Crippen LogP contribution in [-0.2, 0) is 5.60 Å². The second kappa shape index (κ2) is 9.44. The summed E-state index contributed by atoms with van der Waals surface area (Å²) in [7, 11) is 0. The summed E-state index contributed by atoms with van der Waals surface area (Å²) in [5, 5.41) is 11.2. The minimum atomic E-state index is -0.937. The smallest absolute Gasteiger partial charge is 0.254 e. The van der Waals surface area contributed by atoms with E-state index in [0.717, 1.165) is 10.0 Å². The molecule has 0 saturated carbocycles.